The molecule has 0 radical (unpaired) electrons. The Morgan fingerprint density at radius 1 is 0.818 bits per heavy atom. The van der Waals surface area contributed by atoms with Crippen LogP contribution in [0.5, 0.6) is 0 Å². The van der Waals surface area contributed by atoms with Crippen molar-refractivity contribution in [2.24, 2.45) is 23.7 Å². The van der Waals surface area contributed by atoms with Crippen molar-refractivity contribution in [2.75, 3.05) is 0 Å². The fourth-order valence-corrected chi connectivity index (χ4v) is 2.59. The lowest BCUT2D eigenvalue weighted by Crippen LogP contribution is -2.15. The zero-order valence-electron chi connectivity index (χ0n) is 6.48. The van der Waals surface area contributed by atoms with Crippen LogP contribution in [0.4, 0.5) is 0 Å². The zero-order chi connectivity index (χ0) is 7.26. The molecule has 0 aliphatic heterocycles. The Balaban J connectivity index is 2.13. The molecule has 3 unspecified atom stereocenters. The third-order valence-electron chi connectivity index (χ3n) is 3.22. The third kappa shape index (κ3) is 0.699. The van der Waals surface area contributed by atoms with Gasteiger partial charge in [0, 0.05) is 5.92 Å². The lowest BCUT2D eigenvalue weighted by atomic mass is 9.81. The highest BCUT2D eigenvalue weighted by atomic mass is 14.4. The summed E-state index contributed by atoms with van der Waals surface area (Å²) in [4.78, 5) is 0. The Kier molecular flexibility index (Phi) is 0.993. The summed E-state index contributed by atoms with van der Waals surface area (Å²) in [6.07, 6.45) is 15.7. The number of allylic oxidation sites excluding steroid dienone is 6. The third-order valence-corrected chi connectivity index (χ3v) is 3.22. The molecule has 0 spiro atoms. The zero-order valence-corrected chi connectivity index (χ0v) is 6.48. The Bertz CT molecular complexity index is 257. The maximum atomic E-state index is 2.42. The molecule has 0 aromatic rings. The van der Waals surface area contributed by atoms with Crippen LogP contribution in [0.3, 0.4) is 0 Å². The minimum atomic E-state index is 0.726. The molecule has 56 valence electrons. The van der Waals surface area contributed by atoms with Crippen molar-refractivity contribution < 1.29 is 0 Å². The summed E-state index contributed by atoms with van der Waals surface area (Å²) in [5, 5.41) is 0. The molecule has 0 saturated carbocycles. The van der Waals surface area contributed by atoms with Crippen LogP contribution in [0.25, 0.3) is 0 Å². The van der Waals surface area contributed by atoms with E-state index in [0.717, 1.165) is 23.7 Å². The Morgan fingerprint density at radius 3 is 2.64 bits per heavy atom. The summed E-state index contributed by atoms with van der Waals surface area (Å²) in [6, 6.07) is 0. The van der Waals surface area contributed by atoms with Crippen LogP contribution in [-0.2, 0) is 0 Å². The molecule has 11 heavy (non-hydrogen) atoms. The minimum absolute atomic E-state index is 0.726. The second-order valence-corrected chi connectivity index (χ2v) is 3.87. The molecule has 0 amide bonds. The van der Waals surface area contributed by atoms with E-state index in [-0.39, 0.29) is 0 Å². The van der Waals surface area contributed by atoms with E-state index in [1.165, 1.54) is 6.42 Å². The number of rotatable bonds is 0. The molecule has 4 aliphatic carbocycles. The molecule has 0 aromatic heterocycles. The van der Waals surface area contributed by atoms with Gasteiger partial charge in [0.05, 0.1) is 0 Å². The standard InChI is InChI=1S/C11H12/c1-3-9-4-5-10-7-8(1)2-6-11(9)10/h1-6,8-11H,7H2. The molecule has 4 rings (SSSR count). The van der Waals surface area contributed by atoms with Crippen molar-refractivity contribution >= 4 is 0 Å². The summed E-state index contributed by atoms with van der Waals surface area (Å²) >= 11 is 0. The van der Waals surface area contributed by atoms with Crippen LogP contribution >= 0.6 is 0 Å². The van der Waals surface area contributed by atoms with Gasteiger partial charge in [-0.3, -0.25) is 0 Å². The molecule has 4 bridgehead atoms. The van der Waals surface area contributed by atoms with Gasteiger partial charge in [-0.05, 0) is 24.2 Å². The van der Waals surface area contributed by atoms with Crippen LogP contribution in [0.1, 0.15) is 6.42 Å². The minimum Gasteiger partial charge on any atom is -0.0842 e. The van der Waals surface area contributed by atoms with Gasteiger partial charge >= 0.3 is 0 Å². The number of hydrogen-bond acceptors (Lipinski definition) is 0. The summed E-state index contributed by atoms with van der Waals surface area (Å²) in [5.74, 6) is 3.13. The van der Waals surface area contributed by atoms with Gasteiger partial charge in [0.1, 0.15) is 0 Å². The number of hydrogen-bond donors (Lipinski definition) is 0. The van der Waals surface area contributed by atoms with Crippen molar-refractivity contribution in [3.05, 3.63) is 36.5 Å². The highest BCUT2D eigenvalue weighted by Crippen LogP contribution is 2.43. The molecule has 0 heteroatoms. The summed E-state index contributed by atoms with van der Waals surface area (Å²) in [6.45, 7) is 0. The topological polar surface area (TPSA) is 0 Å². The van der Waals surface area contributed by atoms with Gasteiger partial charge in [0.15, 0.2) is 0 Å². The second kappa shape index (κ2) is 1.88. The summed E-state index contributed by atoms with van der Waals surface area (Å²) < 4.78 is 0. The van der Waals surface area contributed by atoms with Crippen molar-refractivity contribution in [1.82, 2.24) is 0 Å². The van der Waals surface area contributed by atoms with Crippen LogP contribution in [0.2, 0.25) is 0 Å². The fourth-order valence-electron chi connectivity index (χ4n) is 2.59. The first-order valence-corrected chi connectivity index (χ1v) is 4.48. The molecule has 0 heterocycles. The Morgan fingerprint density at radius 2 is 1.64 bits per heavy atom. The van der Waals surface area contributed by atoms with Crippen molar-refractivity contribution in [3.8, 4) is 0 Å². The molecule has 0 fully saturated rings. The van der Waals surface area contributed by atoms with Gasteiger partial charge < -0.3 is 0 Å². The predicted octanol–water partition coefficient (Wildman–Crippen LogP) is 2.55. The van der Waals surface area contributed by atoms with Crippen LogP contribution in [0.15, 0.2) is 36.5 Å². The first kappa shape index (κ1) is 5.82. The van der Waals surface area contributed by atoms with E-state index in [4.69, 9.17) is 0 Å². The van der Waals surface area contributed by atoms with Crippen LogP contribution in [-0.4, -0.2) is 0 Å². The molecule has 4 aliphatic rings. The van der Waals surface area contributed by atoms with E-state index in [0.29, 0.717) is 0 Å². The lowest BCUT2D eigenvalue weighted by molar-refractivity contribution is 0.401. The van der Waals surface area contributed by atoms with Crippen LogP contribution < -0.4 is 0 Å². The lowest BCUT2D eigenvalue weighted by Gasteiger charge is -2.23. The molecule has 0 nitrogen and oxygen atoms in total. The first-order valence-electron chi connectivity index (χ1n) is 4.48. The van der Waals surface area contributed by atoms with E-state index < -0.39 is 0 Å². The van der Waals surface area contributed by atoms with Crippen molar-refractivity contribution in [1.29, 1.82) is 0 Å². The van der Waals surface area contributed by atoms with Crippen LogP contribution in [0, 0.1) is 23.7 Å². The van der Waals surface area contributed by atoms with Gasteiger partial charge in [-0.2, -0.15) is 0 Å². The smallest absolute Gasteiger partial charge is 0.00153 e. The van der Waals surface area contributed by atoms with Gasteiger partial charge in [-0.15, -0.1) is 0 Å². The molecule has 0 aromatic carbocycles. The van der Waals surface area contributed by atoms with Gasteiger partial charge in [-0.25, -0.2) is 0 Å². The van der Waals surface area contributed by atoms with Gasteiger partial charge in [-0.1, -0.05) is 36.5 Å². The predicted molar refractivity (Wildman–Crippen MR) is 46.0 cm³/mol. The van der Waals surface area contributed by atoms with E-state index in [1.54, 1.807) is 0 Å². The Hall–Kier alpha value is -0.780. The average molecular weight is 144 g/mol. The molecular weight excluding hydrogens is 132 g/mol. The second-order valence-electron chi connectivity index (χ2n) is 3.87. The summed E-state index contributed by atoms with van der Waals surface area (Å²) in [5.41, 5.74) is 0. The highest BCUT2D eigenvalue weighted by molar-refractivity contribution is 5.26. The maximum absolute atomic E-state index is 2.42. The fraction of sp³-hybridized carbons (Fsp3) is 0.455. The molecule has 0 N–H and O–H groups in total. The first-order chi connectivity index (χ1) is 5.43. The van der Waals surface area contributed by atoms with E-state index >= 15 is 0 Å². The normalized spacial score (nSPS) is 50.2. The molecule has 3 atom stereocenters. The average Bonchev–Trinajstić information content (AvgIpc) is 2.20. The van der Waals surface area contributed by atoms with E-state index in [9.17, 15) is 0 Å². The monoisotopic (exact) mass is 144 g/mol. The summed E-state index contributed by atoms with van der Waals surface area (Å²) in [7, 11) is 0. The van der Waals surface area contributed by atoms with E-state index in [1.807, 2.05) is 0 Å². The van der Waals surface area contributed by atoms with Crippen molar-refractivity contribution in [2.45, 2.75) is 6.42 Å². The SMILES string of the molecule is C1=CC2C=CC3CC1C=CC23. The largest absolute Gasteiger partial charge is 0.0842 e. The Labute approximate surface area is 67.3 Å². The highest BCUT2D eigenvalue weighted by Gasteiger charge is 2.34. The van der Waals surface area contributed by atoms with Gasteiger partial charge in [0.2, 0.25) is 0 Å². The van der Waals surface area contributed by atoms with E-state index in [2.05, 4.69) is 36.5 Å². The van der Waals surface area contributed by atoms with Crippen molar-refractivity contribution in [3.63, 3.8) is 0 Å². The molecule has 0 saturated heterocycles. The van der Waals surface area contributed by atoms with Gasteiger partial charge in [0.25, 0.3) is 0 Å². The maximum Gasteiger partial charge on any atom is 0.00153 e. The molecular formula is C11H12. The quantitative estimate of drug-likeness (QED) is 0.458.